The third-order valence-corrected chi connectivity index (χ3v) is 1.79. The van der Waals surface area contributed by atoms with Gasteiger partial charge in [-0.2, -0.15) is 9.97 Å². The number of terminal acetylenes is 1. The Kier molecular flexibility index (Phi) is 4.10. The Bertz CT molecular complexity index is 426. The fourth-order valence-corrected chi connectivity index (χ4v) is 0.947. The van der Waals surface area contributed by atoms with Crippen molar-refractivity contribution < 1.29 is 9.47 Å². The zero-order valence-electron chi connectivity index (χ0n) is 10.4. The van der Waals surface area contributed by atoms with Crippen LogP contribution in [0.1, 0.15) is 20.8 Å². The molecule has 1 rings (SSSR count). The number of nitrogens with one attached hydrogen (secondary N) is 1. The second-order valence-corrected chi connectivity index (χ2v) is 3.66. The van der Waals surface area contributed by atoms with Gasteiger partial charge in [0.15, 0.2) is 5.60 Å². The number of ether oxygens (including phenoxy) is 2. The Labute approximate surface area is 101 Å². The number of nitrogens with zero attached hydrogens (tertiary/aromatic N) is 3. The van der Waals surface area contributed by atoms with Gasteiger partial charge in [-0.15, -0.1) is 11.4 Å². The van der Waals surface area contributed by atoms with Crippen LogP contribution in [0.5, 0.6) is 12.0 Å². The normalized spacial score (nSPS) is 10.5. The first-order valence-corrected chi connectivity index (χ1v) is 5.24. The highest BCUT2D eigenvalue weighted by Crippen LogP contribution is 2.17. The van der Waals surface area contributed by atoms with Crippen molar-refractivity contribution in [2.24, 2.45) is 0 Å². The highest BCUT2D eigenvalue weighted by atomic mass is 16.5. The Morgan fingerprint density at radius 1 is 1.29 bits per heavy atom. The lowest BCUT2D eigenvalue weighted by atomic mass is 10.2. The van der Waals surface area contributed by atoms with E-state index in [1.807, 2.05) is 6.92 Å². The van der Waals surface area contributed by atoms with Gasteiger partial charge in [0, 0.05) is 7.05 Å². The Morgan fingerprint density at radius 2 is 1.94 bits per heavy atom. The topological polar surface area (TPSA) is 69.2 Å². The van der Waals surface area contributed by atoms with Crippen LogP contribution in [0.25, 0.3) is 0 Å². The maximum absolute atomic E-state index is 5.46. The van der Waals surface area contributed by atoms with Crippen LogP contribution in [0.3, 0.4) is 0 Å². The number of anilines is 1. The van der Waals surface area contributed by atoms with Gasteiger partial charge in [0.1, 0.15) is 0 Å². The Morgan fingerprint density at radius 3 is 2.47 bits per heavy atom. The SMILES string of the molecule is C#CC(C)(C)Oc1nc(NC)nc(OCC)n1. The molecule has 92 valence electrons. The molecular weight excluding hydrogens is 220 g/mol. The monoisotopic (exact) mass is 236 g/mol. The summed E-state index contributed by atoms with van der Waals surface area (Å²) in [5.74, 6) is 2.86. The van der Waals surface area contributed by atoms with Gasteiger partial charge in [-0.3, -0.25) is 0 Å². The van der Waals surface area contributed by atoms with Gasteiger partial charge in [0.2, 0.25) is 5.95 Å². The van der Waals surface area contributed by atoms with Crippen LogP contribution in [-0.4, -0.2) is 34.2 Å². The van der Waals surface area contributed by atoms with E-state index in [1.54, 1.807) is 20.9 Å². The van der Waals surface area contributed by atoms with Crippen molar-refractivity contribution in [3.63, 3.8) is 0 Å². The van der Waals surface area contributed by atoms with Gasteiger partial charge in [-0.05, 0) is 20.8 Å². The first kappa shape index (κ1) is 13.0. The smallest absolute Gasteiger partial charge is 0.325 e. The van der Waals surface area contributed by atoms with Gasteiger partial charge < -0.3 is 14.8 Å². The van der Waals surface area contributed by atoms with Crippen molar-refractivity contribution in [1.82, 2.24) is 15.0 Å². The molecule has 1 N–H and O–H groups in total. The fraction of sp³-hybridized carbons (Fsp3) is 0.545. The first-order valence-electron chi connectivity index (χ1n) is 5.24. The predicted molar refractivity (Wildman–Crippen MR) is 64.1 cm³/mol. The average molecular weight is 236 g/mol. The average Bonchev–Trinajstić information content (AvgIpc) is 2.28. The Balaban J connectivity index is 2.99. The molecule has 0 bridgehead atoms. The van der Waals surface area contributed by atoms with Gasteiger partial charge in [-0.25, -0.2) is 0 Å². The molecule has 0 atom stereocenters. The van der Waals surface area contributed by atoms with E-state index in [0.717, 1.165) is 0 Å². The molecule has 1 aromatic rings. The molecule has 17 heavy (non-hydrogen) atoms. The first-order chi connectivity index (χ1) is 8.00. The van der Waals surface area contributed by atoms with Crippen molar-refractivity contribution in [2.75, 3.05) is 19.0 Å². The molecule has 0 aliphatic carbocycles. The van der Waals surface area contributed by atoms with Crippen molar-refractivity contribution >= 4 is 5.95 Å². The summed E-state index contributed by atoms with van der Waals surface area (Å²) >= 11 is 0. The number of hydrogen-bond donors (Lipinski definition) is 1. The molecule has 0 amide bonds. The van der Waals surface area contributed by atoms with Gasteiger partial charge >= 0.3 is 12.0 Å². The molecule has 0 aliphatic heterocycles. The summed E-state index contributed by atoms with van der Waals surface area (Å²) in [5, 5.41) is 2.80. The van der Waals surface area contributed by atoms with Crippen LogP contribution in [-0.2, 0) is 0 Å². The minimum Gasteiger partial charge on any atom is -0.464 e. The number of rotatable bonds is 5. The molecule has 6 heteroatoms. The quantitative estimate of drug-likeness (QED) is 0.772. The van der Waals surface area contributed by atoms with E-state index >= 15 is 0 Å². The highest BCUT2D eigenvalue weighted by Gasteiger charge is 2.19. The second kappa shape index (κ2) is 5.34. The minimum atomic E-state index is -0.782. The molecule has 6 nitrogen and oxygen atoms in total. The van der Waals surface area contributed by atoms with E-state index < -0.39 is 5.60 Å². The summed E-state index contributed by atoms with van der Waals surface area (Å²) < 4.78 is 10.7. The number of hydrogen-bond acceptors (Lipinski definition) is 6. The zero-order valence-corrected chi connectivity index (χ0v) is 10.4. The third kappa shape index (κ3) is 3.79. The summed E-state index contributed by atoms with van der Waals surface area (Å²) in [6.07, 6.45) is 5.33. The van der Waals surface area contributed by atoms with Crippen molar-refractivity contribution in [3.05, 3.63) is 0 Å². The number of aromatic nitrogens is 3. The highest BCUT2D eigenvalue weighted by molar-refractivity contribution is 5.26. The molecule has 1 heterocycles. The maximum Gasteiger partial charge on any atom is 0.325 e. The summed E-state index contributed by atoms with van der Waals surface area (Å²) in [5.41, 5.74) is -0.782. The summed E-state index contributed by atoms with van der Waals surface area (Å²) in [4.78, 5) is 12.0. The summed E-state index contributed by atoms with van der Waals surface area (Å²) in [6, 6.07) is 0.338. The largest absolute Gasteiger partial charge is 0.464 e. The van der Waals surface area contributed by atoms with Gasteiger partial charge in [0.05, 0.1) is 6.61 Å². The van der Waals surface area contributed by atoms with Crippen molar-refractivity contribution in [1.29, 1.82) is 0 Å². The molecule has 0 fully saturated rings. The van der Waals surface area contributed by atoms with Crippen LogP contribution >= 0.6 is 0 Å². The molecule has 0 radical (unpaired) electrons. The van der Waals surface area contributed by atoms with Crippen LogP contribution in [0.4, 0.5) is 5.95 Å². The molecular formula is C11H16N4O2. The summed E-state index contributed by atoms with van der Waals surface area (Å²) in [6.45, 7) is 5.80. The molecule has 0 aromatic carbocycles. The van der Waals surface area contributed by atoms with Gasteiger partial charge in [0.25, 0.3) is 0 Å². The zero-order chi connectivity index (χ0) is 12.9. The molecule has 0 saturated heterocycles. The fourth-order valence-electron chi connectivity index (χ4n) is 0.947. The minimum absolute atomic E-state index is 0.135. The van der Waals surface area contributed by atoms with Crippen molar-refractivity contribution in [3.8, 4) is 24.4 Å². The lowest BCUT2D eigenvalue weighted by Crippen LogP contribution is -2.27. The van der Waals surface area contributed by atoms with E-state index in [0.29, 0.717) is 12.6 Å². The molecule has 1 aromatic heterocycles. The maximum atomic E-state index is 5.46. The molecule has 0 spiro atoms. The third-order valence-electron chi connectivity index (χ3n) is 1.79. The molecule has 0 aliphatic rings. The Hall–Kier alpha value is -2.03. The standard InChI is InChI=1S/C11H16N4O2/c1-6-11(3,4)17-10-14-8(12-5)13-9(15-10)16-7-2/h1H,7H2,2-5H3,(H,12,13,14,15). The van der Waals surface area contributed by atoms with E-state index in [2.05, 4.69) is 26.2 Å². The van der Waals surface area contributed by atoms with Crippen LogP contribution in [0.2, 0.25) is 0 Å². The van der Waals surface area contributed by atoms with E-state index in [-0.39, 0.29) is 12.0 Å². The van der Waals surface area contributed by atoms with E-state index in [1.165, 1.54) is 0 Å². The van der Waals surface area contributed by atoms with Crippen LogP contribution < -0.4 is 14.8 Å². The van der Waals surface area contributed by atoms with E-state index in [9.17, 15) is 0 Å². The van der Waals surface area contributed by atoms with E-state index in [4.69, 9.17) is 15.9 Å². The second-order valence-electron chi connectivity index (χ2n) is 3.66. The summed E-state index contributed by atoms with van der Waals surface area (Å²) in [7, 11) is 1.70. The lowest BCUT2D eigenvalue weighted by Gasteiger charge is -2.18. The van der Waals surface area contributed by atoms with Gasteiger partial charge in [-0.1, -0.05) is 5.92 Å². The molecule has 0 unspecified atom stereocenters. The lowest BCUT2D eigenvalue weighted by molar-refractivity contribution is 0.153. The van der Waals surface area contributed by atoms with Crippen LogP contribution in [0, 0.1) is 12.3 Å². The molecule has 0 saturated carbocycles. The van der Waals surface area contributed by atoms with Crippen LogP contribution in [0.15, 0.2) is 0 Å². The van der Waals surface area contributed by atoms with Crippen molar-refractivity contribution in [2.45, 2.75) is 26.4 Å². The predicted octanol–water partition coefficient (Wildman–Crippen LogP) is 1.10.